The van der Waals surface area contributed by atoms with Crippen molar-refractivity contribution in [2.45, 2.75) is 23.2 Å². The summed E-state index contributed by atoms with van der Waals surface area (Å²) in [4.78, 5) is 7.23. The van der Waals surface area contributed by atoms with E-state index in [0.717, 1.165) is 23.5 Å². The summed E-state index contributed by atoms with van der Waals surface area (Å²) in [7, 11) is -3.62. The molecule has 148 valence electrons. The van der Waals surface area contributed by atoms with Crippen molar-refractivity contribution < 1.29 is 22.3 Å². The maximum atomic E-state index is 13.4. The fraction of sp³-hybridized carbons (Fsp3) is 0.278. The Kier molecular flexibility index (Phi) is 5.04. The van der Waals surface area contributed by atoms with Crippen LogP contribution in [0.15, 0.2) is 40.1 Å². The fourth-order valence-electron chi connectivity index (χ4n) is 3.06. The van der Waals surface area contributed by atoms with Crippen LogP contribution in [-0.4, -0.2) is 47.0 Å². The molecule has 4 rings (SSSR count). The van der Waals surface area contributed by atoms with Crippen LogP contribution in [0.5, 0.6) is 0 Å². The first-order valence-electron chi connectivity index (χ1n) is 8.62. The first-order chi connectivity index (χ1) is 13.3. The maximum Gasteiger partial charge on any atom is 0.252 e. The first kappa shape index (κ1) is 19.2. The van der Waals surface area contributed by atoms with E-state index in [1.54, 1.807) is 11.4 Å². The van der Waals surface area contributed by atoms with E-state index in [4.69, 9.17) is 0 Å². The summed E-state index contributed by atoms with van der Waals surface area (Å²) >= 11 is 1.09. The Labute approximate surface area is 164 Å². The summed E-state index contributed by atoms with van der Waals surface area (Å²) in [6.45, 7) is 0.579. The predicted octanol–water partition coefficient (Wildman–Crippen LogP) is 3.23. The smallest absolute Gasteiger partial charge is 0.252 e. The minimum atomic E-state index is -3.62. The van der Waals surface area contributed by atoms with Gasteiger partial charge >= 0.3 is 0 Å². The zero-order chi connectivity index (χ0) is 19.9. The molecule has 2 aromatic heterocycles. The summed E-state index contributed by atoms with van der Waals surface area (Å²) in [5.41, 5.74) is 1.52. The lowest BCUT2D eigenvalue weighted by atomic mass is 10.1. The number of imidazole rings is 1. The van der Waals surface area contributed by atoms with E-state index < -0.39 is 27.8 Å². The van der Waals surface area contributed by atoms with E-state index in [1.165, 1.54) is 16.6 Å². The molecule has 3 heterocycles. The Balaban J connectivity index is 1.58. The minimum absolute atomic E-state index is 0.199. The van der Waals surface area contributed by atoms with E-state index in [2.05, 4.69) is 9.97 Å². The molecule has 1 fully saturated rings. The first-order valence-corrected chi connectivity index (χ1v) is 10.9. The molecule has 0 bridgehead atoms. The van der Waals surface area contributed by atoms with Crippen LogP contribution in [0.4, 0.5) is 8.78 Å². The zero-order valence-electron chi connectivity index (χ0n) is 14.6. The van der Waals surface area contributed by atoms with Crippen LogP contribution in [0.25, 0.3) is 22.6 Å². The van der Waals surface area contributed by atoms with E-state index in [9.17, 15) is 22.3 Å². The lowest BCUT2D eigenvalue weighted by Gasteiger charge is -2.28. The van der Waals surface area contributed by atoms with E-state index in [-0.39, 0.29) is 17.3 Å². The van der Waals surface area contributed by atoms with Gasteiger partial charge in [0, 0.05) is 29.6 Å². The van der Waals surface area contributed by atoms with Crippen LogP contribution in [0.1, 0.15) is 12.8 Å². The zero-order valence-corrected chi connectivity index (χ0v) is 16.2. The van der Waals surface area contributed by atoms with Crippen molar-refractivity contribution in [3.63, 3.8) is 0 Å². The molecule has 10 heteroatoms. The molecule has 0 radical (unpaired) electrons. The molecule has 1 aliphatic rings. The second-order valence-corrected chi connectivity index (χ2v) is 9.64. The molecular formula is C18H17F2N3O3S2. The van der Waals surface area contributed by atoms with Gasteiger partial charge in [0.25, 0.3) is 10.0 Å². The van der Waals surface area contributed by atoms with Crippen molar-refractivity contribution >= 4 is 21.4 Å². The number of halogens is 2. The molecule has 28 heavy (non-hydrogen) atoms. The van der Waals surface area contributed by atoms with Gasteiger partial charge in [-0.25, -0.2) is 22.2 Å². The highest BCUT2D eigenvalue weighted by atomic mass is 32.2. The number of piperidine rings is 1. The minimum Gasteiger partial charge on any atom is -0.393 e. The Morgan fingerprint density at radius 1 is 1.14 bits per heavy atom. The van der Waals surface area contributed by atoms with Gasteiger partial charge in [0.1, 0.15) is 10.0 Å². The molecule has 0 amide bonds. The predicted molar refractivity (Wildman–Crippen MR) is 101 cm³/mol. The molecule has 0 atom stereocenters. The van der Waals surface area contributed by atoms with Gasteiger partial charge in [0.15, 0.2) is 11.6 Å². The summed E-state index contributed by atoms with van der Waals surface area (Å²) in [5, 5.41) is 11.2. The normalized spacial score (nSPS) is 16.5. The van der Waals surface area contributed by atoms with Crippen LogP contribution < -0.4 is 0 Å². The third-order valence-corrected chi connectivity index (χ3v) is 7.99. The molecule has 0 aliphatic carbocycles. The molecule has 0 unspecified atom stereocenters. The van der Waals surface area contributed by atoms with Gasteiger partial charge in [0.05, 0.1) is 18.0 Å². The fourth-order valence-corrected chi connectivity index (χ4v) is 5.85. The van der Waals surface area contributed by atoms with Gasteiger partial charge in [-0.15, -0.1) is 11.3 Å². The quantitative estimate of drug-likeness (QED) is 0.672. The number of thiophene rings is 1. The summed E-state index contributed by atoms with van der Waals surface area (Å²) < 4.78 is 53.7. The number of nitrogens with one attached hydrogen (secondary N) is 1. The second-order valence-electron chi connectivity index (χ2n) is 6.56. The Morgan fingerprint density at radius 3 is 2.61 bits per heavy atom. The van der Waals surface area contributed by atoms with Crippen molar-refractivity contribution in [1.29, 1.82) is 0 Å². The number of benzene rings is 1. The van der Waals surface area contributed by atoms with E-state index in [0.29, 0.717) is 35.5 Å². The van der Waals surface area contributed by atoms with Crippen molar-refractivity contribution in [2.75, 3.05) is 13.1 Å². The Morgan fingerprint density at radius 2 is 1.89 bits per heavy atom. The van der Waals surface area contributed by atoms with Crippen molar-refractivity contribution in [3.05, 3.63) is 47.5 Å². The second kappa shape index (κ2) is 7.36. The highest BCUT2D eigenvalue weighted by Gasteiger charge is 2.30. The molecule has 1 saturated heterocycles. The van der Waals surface area contributed by atoms with Crippen LogP contribution in [-0.2, 0) is 10.0 Å². The number of aromatic amines is 1. The van der Waals surface area contributed by atoms with E-state index in [1.807, 2.05) is 0 Å². The van der Waals surface area contributed by atoms with Gasteiger partial charge in [0.2, 0.25) is 0 Å². The number of aromatic nitrogens is 2. The topological polar surface area (TPSA) is 86.3 Å². The maximum absolute atomic E-state index is 13.4. The van der Waals surface area contributed by atoms with Crippen molar-refractivity contribution in [1.82, 2.24) is 14.3 Å². The van der Waals surface area contributed by atoms with Gasteiger partial charge in [-0.2, -0.15) is 4.31 Å². The number of aliphatic hydroxyl groups is 1. The number of rotatable bonds is 4. The van der Waals surface area contributed by atoms with Crippen molar-refractivity contribution in [3.8, 4) is 22.6 Å². The molecule has 3 aromatic rings. The number of hydrogen-bond acceptors (Lipinski definition) is 5. The number of nitrogens with zero attached hydrogens (tertiary/aromatic N) is 2. The van der Waals surface area contributed by atoms with Crippen LogP contribution in [0.3, 0.4) is 0 Å². The number of hydrogen-bond donors (Lipinski definition) is 2. The van der Waals surface area contributed by atoms with Crippen LogP contribution in [0.2, 0.25) is 0 Å². The van der Waals surface area contributed by atoms with Gasteiger partial charge in [-0.3, -0.25) is 0 Å². The largest absolute Gasteiger partial charge is 0.393 e. The van der Waals surface area contributed by atoms with Gasteiger partial charge in [-0.1, -0.05) is 0 Å². The average molecular weight is 425 g/mol. The molecule has 6 nitrogen and oxygen atoms in total. The molecule has 2 N–H and O–H groups in total. The molecule has 1 aliphatic heterocycles. The molecular weight excluding hydrogens is 408 g/mol. The average Bonchev–Trinajstić information content (AvgIpc) is 3.34. The standard InChI is InChI=1S/C18H17F2N3O3S2/c19-14-2-1-11(7-15(14)20)16-9-21-18(22-16)12-8-17(27-10-12)28(25,26)23-5-3-13(24)4-6-23/h1-2,7-10,13,24H,3-6H2,(H,21,22). The number of H-pyrrole nitrogens is 1. The lowest BCUT2D eigenvalue weighted by Crippen LogP contribution is -2.39. The third-order valence-electron chi connectivity index (χ3n) is 4.67. The van der Waals surface area contributed by atoms with E-state index >= 15 is 0 Å². The summed E-state index contributed by atoms with van der Waals surface area (Å²) in [6, 6.07) is 5.08. The monoisotopic (exact) mass is 425 g/mol. The summed E-state index contributed by atoms with van der Waals surface area (Å²) in [5.74, 6) is -1.45. The van der Waals surface area contributed by atoms with Gasteiger partial charge < -0.3 is 10.1 Å². The SMILES string of the molecule is O=S(=O)(c1cc(-c2ncc(-c3ccc(F)c(F)c3)[nH]2)cs1)N1CCC(O)CC1. The number of aliphatic hydroxyl groups excluding tert-OH is 1. The molecule has 1 aromatic carbocycles. The van der Waals surface area contributed by atoms with Gasteiger partial charge in [-0.05, 0) is 37.1 Å². The lowest BCUT2D eigenvalue weighted by molar-refractivity contribution is 0.113. The van der Waals surface area contributed by atoms with Crippen molar-refractivity contribution in [2.24, 2.45) is 0 Å². The summed E-state index contributed by atoms with van der Waals surface area (Å²) in [6.07, 6.45) is 1.88. The third kappa shape index (κ3) is 3.60. The number of sulfonamides is 1. The Hall–Kier alpha value is -2.14. The van der Waals surface area contributed by atoms with Crippen LogP contribution >= 0.6 is 11.3 Å². The molecule has 0 spiro atoms. The van der Waals surface area contributed by atoms with Crippen LogP contribution in [0, 0.1) is 11.6 Å². The Bertz CT molecular complexity index is 1100. The highest BCUT2D eigenvalue weighted by Crippen LogP contribution is 2.31. The highest BCUT2D eigenvalue weighted by molar-refractivity contribution is 7.91. The molecule has 0 saturated carbocycles.